The summed E-state index contributed by atoms with van der Waals surface area (Å²) in [5.41, 5.74) is 1.83. The van der Waals surface area contributed by atoms with Crippen molar-refractivity contribution in [2.45, 2.75) is 26.0 Å². The second-order valence-corrected chi connectivity index (χ2v) is 6.83. The van der Waals surface area contributed by atoms with Crippen molar-refractivity contribution in [3.05, 3.63) is 45.5 Å². The van der Waals surface area contributed by atoms with Crippen LogP contribution < -0.4 is 0 Å². The van der Waals surface area contributed by atoms with Crippen LogP contribution in [0, 0.1) is 16.0 Å². The van der Waals surface area contributed by atoms with Crippen molar-refractivity contribution in [1.82, 2.24) is 9.88 Å². The number of nitro benzene ring substituents is 1. The zero-order chi connectivity index (χ0) is 16.4. The average Bonchev–Trinajstić information content (AvgIpc) is 3.17. The third-order valence-electron chi connectivity index (χ3n) is 4.23. The van der Waals surface area contributed by atoms with Gasteiger partial charge < -0.3 is 5.11 Å². The molecule has 2 aromatic rings. The third kappa shape index (κ3) is 3.74. The third-order valence-corrected chi connectivity index (χ3v) is 5.17. The zero-order valence-electron chi connectivity index (χ0n) is 12.9. The van der Waals surface area contributed by atoms with Crippen molar-refractivity contribution in [1.29, 1.82) is 0 Å². The Kier molecular flexibility index (Phi) is 4.70. The van der Waals surface area contributed by atoms with E-state index in [1.165, 1.54) is 17.4 Å². The van der Waals surface area contributed by atoms with Crippen LogP contribution in [0.1, 0.15) is 19.0 Å². The van der Waals surface area contributed by atoms with Crippen LogP contribution >= 0.6 is 11.3 Å². The largest absolute Gasteiger partial charge is 0.393 e. The van der Waals surface area contributed by atoms with Gasteiger partial charge in [0.05, 0.1) is 16.7 Å². The SMILES string of the molecule is CC(O)C1CCN(Cc2csc(-c3cccc([N+](=O)[O-])c3)n2)C1. The molecular formula is C16H19N3O3S. The summed E-state index contributed by atoms with van der Waals surface area (Å²) in [5, 5.41) is 23.3. The highest BCUT2D eigenvalue weighted by molar-refractivity contribution is 7.13. The van der Waals surface area contributed by atoms with Crippen molar-refractivity contribution in [3.8, 4) is 10.6 Å². The van der Waals surface area contributed by atoms with Crippen LogP contribution in [0.15, 0.2) is 29.6 Å². The predicted octanol–water partition coefficient (Wildman–Crippen LogP) is 2.92. The van der Waals surface area contributed by atoms with Gasteiger partial charge in [0, 0.05) is 36.2 Å². The van der Waals surface area contributed by atoms with E-state index in [9.17, 15) is 15.2 Å². The molecule has 0 amide bonds. The van der Waals surface area contributed by atoms with E-state index in [1.54, 1.807) is 12.1 Å². The Morgan fingerprint density at radius 2 is 2.39 bits per heavy atom. The first kappa shape index (κ1) is 16.0. The molecule has 1 aliphatic rings. The van der Waals surface area contributed by atoms with Gasteiger partial charge in [0.25, 0.3) is 5.69 Å². The van der Waals surface area contributed by atoms with Crippen LogP contribution in [0.2, 0.25) is 0 Å². The van der Waals surface area contributed by atoms with Gasteiger partial charge in [-0.2, -0.15) is 0 Å². The van der Waals surface area contributed by atoms with Gasteiger partial charge in [-0.05, 0) is 25.8 Å². The fourth-order valence-electron chi connectivity index (χ4n) is 2.89. The maximum absolute atomic E-state index is 10.9. The lowest BCUT2D eigenvalue weighted by atomic mass is 10.0. The summed E-state index contributed by atoms with van der Waals surface area (Å²) in [6.45, 7) is 4.46. The Hall–Kier alpha value is -1.83. The van der Waals surface area contributed by atoms with Crippen LogP contribution in [0.25, 0.3) is 10.6 Å². The number of aliphatic hydroxyl groups is 1. The number of hydrogen-bond acceptors (Lipinski definition) is 6. The molecule has 1 N–H and O–H groups in total. The molecule has 0 saturated carbocycles. The average molecular weight is 333 g/mol. The smallest absolute Gasteiger partial charge is 0.270 e. The highest BCUT2D eigenvalue weighted by Crippen LogP contribution is 2.28. The summed E-state index contributed by atoms with van der Waals surface area (Å²) < 4.78 is 0. The van der Waals surface area contributed by atoms with Crippen molar-refractivity contribution >= 4 is 17.0 Å². The highest BCUT2D eigenvalue weighted by atomic mass is 32.1. The van der Waals surface area contributed by atoms with E-state index in [0.29, 0.717) is 5.92 Å². The number of thiazole rings is 1. The molecule has 2 atom stereocenters. The molecule has 7 heteroatoms. The molecule has 0 bridgehead atoms. The topological polar surface area (TPSA) is 79.5 Å². The molecule has 1 saturated heterocycles. The molecule has 0 radical (unpaired) electrons. The second-order valence-electron chi connectivity index (χ2n) is 5.98. The van der Waals surface area contributed by atoms with Crippen molar-refractivity contribution in [2.75, 3.05) is 13.1 Å². The van der Waals surface area contributed by atoms with E-state index in [4.69, 9.17) is 0 Å². The molecule has 2 unspecified atom stereocenters. The van der Waals surface area contributed by atoms with Crippen molar-refractivity contribution < 1.29 is 10.0 Å². The van der Waals surface area contributed by atoms with Gasteiger partial charge in [-0.1, -0.05) is 12.1 Å². The number of likely N-dealkylation sites (tertiary alicyclic amines) is 1. The minimum absolute atomic E-state index is 0.0820. The van der Waals surface area contributed by atoms with E-state index in [0.717, 1.165) is 42.3 Å². The number of non-ortho nitro benzene ring substituents is 1. The second kappa shape index (κ2) is 6.74. The Balaban J connectivity index is 1.69. The molecule has 1 aliphatic heterocycles. The van der Waals surface area contributed by atoms with Crippen molar-refractivity contribution in [2.24, 2.45) is 5.92 Å². The van der Waals surface area contributed by atoms with Gasteiger partial charge >= 0.3 is 0 Å². The molecule has 0 aliphatic carbocycles. The predicted molar refractivity (Wildman–Crippen MR) is 89.3 cm³/mol. The maximum atomic E-state index is 10.9. The fourth-order valence-corrected chi connectivity index (χ4v) is 3.70. The number of nitro groups is 1. The van der Waals surface area contributed by atoms with Crippen LogP contribution in [-0.4, -0.2) is 39.1 Å². The Morgan fingerprint density at radius 3 is 3.09 bits per heavy atom. The monoisotopic (exact) mass is 333 g/mol. The molecule has 6 nitrogen and oxygen atoms in total. The van der Waals surface area contributed by atoms with Crippen molar-refractivity contribution in [3.63, 3.8) is 0 Å². The zero-order valence-corrected chi connectivity index (χ0v) is 13.7. The number of benzene rings is 1. The van der Waals surface area contributed by atoms with E-state index >= 15 is 0 Å². The van der Waals surface area contributed by atoms with Crippen LogP contribution in [0.5, 0.6) is 0 Å². The molecule has 2 heterocycles. The van der Waals surface area contributed by atoms with Crippen LogP contribution in [0.3, 0.4) is 0 Å². The van der Waals surface area contributed by atoms with Gasteiger partial charge in [0.2, 0.25) is 0 Å². The summed E-state index contributed by atoms with van der Waals surface area (Å²) in [5.74, 6) is 0.338. The van der Waals surface area contributed by atoms with Crippen LogP contribution in [0.4, 0.5) is 5.69 Å². The molecule has 1 aromatic heterocycles. The summed E-state index contributed by atoms with van der Waals surface area (Å²) in [4.78, 5) is 17.4. The first-order valence-corrected chi connectivity index (χ1v) is 8.50. The van der Waals surface area contributed by atoms with Crippen LogP contribution in [-0.2, 0) is 6.54 Å². The summed E-state index contributed by atoms with van der Waals surface area (Å²) in [6.07, 6.45) is 0.746. The van der Waals surface area contributed by atoms with E-state index in [-0.39, 0.29) is 11.8 Å². The van der Waals surface area contributed by atoms with Gasteiger partial charge in [-0.25, -0.2) is 4.98 Å². The molecule has 0 spiro atoms. The number of aromatic nitrogens is 1. The number of aliphatic hydroxyl groups excluding tert-OH is 1. The lowest BCUT2D eigenvalue weighted by Crippen LogP contribution is -2.24. The quantitative estimate of drug-likeness (QED) is 0.672. The summed E-state index contributed by atoms with van der Waals surface area (Å²) >= 11 is 1.50. The number of nitrogens with zero attached hydrogens (tertiary/aromatic N) is 3. The van der Waals surface area contributed by atoms with Gasteiger partial charge in [-0.3, -0.25) is 15.0 Å². The first-order valence-electron chi connectivity index (χ1n) is 7.62. The Labute approximate surface area is 138 Å². The minimum Gasteiger partial charge on any atom is -0.393 e. The fraction of sp³-hybridized carbons (Fsp3) is 0.438. The molecule has 1 aromatic carbocycles. The molecule has 23 heavy (non-hydrogen) atoms. The summed E-state index contributed by atoms with van der Waals surface area (Å²) in [7, 11) is 0. The Bertz CT molecular complexity index is 701. The lowest BCUT2D eigenvalue weighted by Gasteiger charge is -2.16. The first-order chi connectivity index (χ1) is 11.0. The minimum atomic E-state index is -0.390. The van der Waals surface area contributed by atoms with Gasteiger partial charge in [0.15, 0.2) is 0 Å². The molecule has 3 rings (SSSR count). The molecule has 1 fully saturated rings. The number of rotatable bonds is 5. The standard InChI is InChI=1S/C16H19N3O3S/c1-11(20)13-5-6-18(8-13)9-14-10-23-16(17-14)12-3-2-4-15(7-12)19(21)22/h2-4,7,10-11,13,20H,5-6,8-9H2,1H3. The normalized spacial score (nSPS) is 19.8. The van der Waals surface area contributed by atoms with Gasteiger partial charge in [-0.15, -0.1) is 11.3 Å². The van der Waals surface area contributed by atoms with Gasteiger partial charge in [0.1, 0.15) is 5.01 Å². The van der Waals surface area contributed by atoms with E-state index in [2.05, 4.69) is 9.88 Å². The lowest BCUT2D eigenvalue weighted by molar-refractivity contribution is -0.384. The maximum Gasteiger partial charge on any atom is 0.270 e. The summed E-state index contributed by atoms with van der Waals surface area (Å²) in [6, 6.07) is 6.57. The Morgan fingerprint density at radius 1 is 1.57 bits per heavy atom. The number of hydrogen-bond donors (Lipinski definition) is 1. The van der Waals surface area contributed by atoms with E-state index in [1.807, 2.05) is 18.4 Å². The van der Waals surface area contributed by atoms with E-state index < -0.39 is 4.92 Å². The highest BCUT2D eigenvalue weighted by Gasteiger charge is 2.26. The molecule has 122 valence electrons. The molecular weight excluding hydrogens is 314 g/mol.